The predicted octanol–water partition coefficient (Wildman–Crippen LogP) is 3.05. The second-order valence-electron chi connectivity index (χ2n) is 5.71. The highest BCUT2D eigenvalue weighted by atomic mass is 79.9. The monoisotopic (exact) mass is 343 g/mol. The number of hydrogen-bond donors (Lipinski definition) is 1. The molecule has 104 valence electrons. The molecule has 5 heteroatoms. The van der Waals surface area contributed by atoms with E-state index in [1.54, 1.807) is 6.07 Å². The molecule has 3 nitrogen and oxygen atoms in total. The van der Waals surface area contributed by atoms with Gasteiger partial charge in [-0.15, -0.1) is 0 Å². The van der Waals surface area contributed by atoms with Crippen molar-refractivity contribution >= 4 is 25.8 Å². The summed E-state index contributed by atoms with van der Waals surface area (Å²) < 4.78 is 26.0. The SMILES string of the molecule is CC1C(NC2CC2)c2cc(Br)ccc2S(=O)(=O)C1C. The molecule has 3 rings (SSSR count). The largest absolute Gasteiger partial charge is 0.307 e. The van der Waals surface area contributed by atoms with Crippen LogP contribution in [0.15, 0.2) is 27.6 Å². The van der Waals surface area contributed by atoms with E-state index in [0.717, 1.165) is 10.0 Å². The molecule has 19 heavy (non-hydrogen) atoms. The van der Waals surface area contributed by atoms with Crippen LogP contribution in [-0.2, 0) is 9.84 Å². The van der Waals surface area contributed by atoms with Crippen LogP contribution in [0.25, 0.3) is 0 Å². The van der Waals surface area contributed by atoms with E-state index in [4.69, 9.17) is 0 Å². The minimum atomic E-state index is -3.20. The van der Waals surface area contributed by atoms with Crippen LogP contribution in [0.2, 0.25) is 0 Å². The van der Waals surface area contributed by atoms with Crippen molar-refractivity contribution in [3.63, 3.8) is 0 Å². The highest BCUT2D eigenvalue weighted by molar-refractivity contribution is 9.10. The molecule has 1 N–H and O–H groups in total. The van der Waals surface area contributed by atoms with Gasteiger partial charge in [-0.25, -0.2) is 8.42 Å². The van der Waals surface area contributed by atoms with Gasteiger partial charge in [-0.1, -0.05) is 22.9 Å². The summed E-state index contributed by atoms with van der Waals surface area (Å²) in [6, 6.07) is 6.20. The van der Waals surface area contributed by atoms with Gasteiger partial charge in [0.2, 0.25) is 0 Å². The molecule has 2 aliphatic rings. The average molecular weight is 344 g/mol. The van der Waals surface area contributed by atoms with E-state index in [1.165, 1.54) is 12.8 Å². The average Bonchev–Trinajstić information content (AvgIpc) is 3.16. The molecule has 1 heterocycles. The zero-order valence-corrected chi connectivity index (χ0v) is 13.5. The van der Waals surface area contributed by atoms with E-state index in [-0.39, 0.29) is 17.2 Å². The van der Waals surface area contributed by atoms with Crippen molar-refractivity contribution in [3.8, 4) is 0 Å². The normalized spacial score (nSPS) is 32.9. The summed E-state index contributed by atoms with van der Waals surface area (Å²) >= 11 is 3.45. The Morgan fingerprint density at radius 2 is 1.95 bits per heavy atom. The lowest BCUT2D eigenvalue weighted by atomic mass is 9.91. The van der Waals surface area contributed by atoms with Gasteiger partial charge in [0.25, 0.3) is 0 Å². The lowest BCUT2D eigenvalue weighted by molar-refractivity contribution is 0.355. The molecule has 1 saturated carbocycles. The molecular formula is C14H18BrNO2S. The topological polar surface area (TPSA) is 46.2 Å². The van der Waals surface area contributed by atoms with Crippen LogP contribution in [0.3, 0.4) is 0 Å². The molecule has 1 aliphatic heterocycles. The maximum absolute atomic E-state index is 12.5. The summed E-state index contributed by atoms with van der Waals surface area (Å²) in [5.41, 5.74) is 0.923. The molecule has 3 unspecified atom stereocenters. The summed E-state index contributed by atoms with van der Waals surface area (Å²) in [4.78, 5) is 0.499. The fourth-order valence-corrected chi connectivity index (χ4v) is 5.08. The highest BCUT2D eigenvalue weighted by Gasteiger charge is 2.43. The summed E-state index contributed by atoms with van der Waals surface area (Å²) in [6.07, 6.45) is 2.40. The number of rotatable bonds is 2. The molecule has 1 aliphatic carbocycles. The van der Waals surface area contributed by atoms with Gasteiger partial charge in [-0.3, -0.25) is 0 Å². The number of hydrogen-bond acceptors (Lipinski definition) is 3. The van der Waals surface area contributed by atoms with E-state index in [0.29, 0.717) is 10.9 Å². The fourth-order valence-electron chi connectivity index (χ4n) is 2.80. The smallest absolute Gasteiger partial charge is 0.181 e. The van der Waals surface area contributed by atoms with Gasteiger partial charge in [-0.05, 0) is 49.4 Å². The molecule has 3 atom stereocenters. The lowest BCUT2D eigenvalue weighted by Crippen LogP contribution is -2.42. The molecule has 0 saturated heterocycles. The summed E-state index contributed by atoms with van der Waals surface area (Å²) in [7, 11) is -3.20. The fraction of sp³-hybridized carbons (Fsp3) is 0.571. The minimum absolute atomic E-state index is 0.0902. The van der Waals surface area contributed by atoms with Crippen molar-refractivity contribution in [2.45, 2.75) is 48.9 Å². The van der Waals surface area contributed by atoms with E-state index >= 15 is 0 Å². The van der Waals surface area contributed by atoms with Gasteiger partial charge in [0, 0.05) is 16.6 Å². The van der Waals surface area contributed by atoms with Gasteiger partial charge in [0.1, 0.15) is 0 Å². The summed E-state index contributed by atoms with van der Waals surface area (Å²) in [5, 5.41) is 3.27. The van der Waals surface area contributed by atoms with E-state index in [9.17, 15) is 8.42 Å². The number of nitrogens with one attached hydrogen (secondary N) is 1. The maximum atomic E-state index is 12.5. The first-order valence-corrected chi connectivity index (χ1v) is 9.04. The van der Waals surface area contributed by atoms with Crippen LogP contribution in [0, 0.1) is 5.92 Å². The zero-order chi connectivity index (χ0) is 13.8. The highest BCUT2D eigenvalue weighted by Crippen LogP contribution is 2.42. The van der Waals surface area contributed by atoms with E-state index < -0.39 is 9.84 Å². The molecule has 1 aromatic carbocycles. The van der Waals surface area contributed by atoms with E-state index in [1.807, 2.05) is 26.0 Å². The summed E-state index contributed by atoms with van der Waals surface area (Å²) in [6.45, 7) is 3.86. The Kier molecular flexibility index (Phi) is 3.27. The number of benzene rings is 1. The molecule has 1 fully saturated rings. The maximum Gasteiger partial charge on any atom is 0.181 e. The van der Waals surface area contributed by atoms with Gasteiger partial charge in [-0.2, -0.15) is 0 Å². The number of halogens is 1. The first kappa shape index (κ1) is 13.6. The van der Waals surface area contributed by atoms with Gasteiger partial charge in [0.05, 0.1) is 10.1 Å². The van der Waals surface area contributed by atoms with Gasteiger partial charge < -0.3 is 5.32 Å². The van der Waals surface area contributed by atoms with Crippen molar-refractivity contribution in [1.82, 2.24) is 5.32 Å². The molecule has 0 spiro atoms. The minimum Gasteiger partial charge on any atom is -0.307 e. The second-order valence-corrected chi connectivity index (χ2v) is 8.90. The van der Waals surface area contributed by atoms with Crippen LogP contribution in [0.5, 0.6) is 0 Å². The van der Waals surface area contributed by atoms with Crippen molar-refractivity contribution in [3.05, 3.63) is 28.2 Å². The molecule has 1 aromatic rings. The Labute approximate surface area is 122 Å². The zero-order valence-electron chi connectivity index (χ0n) is 11.1. The van der Waals surface area contributed by atoms with Crippen molar-refractivity contribution in [2.24, 2.45) is 5.92 Å². The molecular weight excluding hydrogens is 326 g/mol. The van der Waals surface area contributed by atoms with Crippen LogP contribution in [0.1, 0.15) is 38.3 Å². The van der Waals surface area contributed by atoms with Crippen LogP contribution in [-0.4, -0.2) is 19.7 Å². The first-order chi connectivity index (χ1) is 8.91. The van der Waals surface area contributed by atoms with E-state index in [2.05, 4.69) is 21.2 Å². The van der Waals surface area contributed by atoms with Crippen LogP contribution >= 0.6 is 15.9 Å². The quantitative estimate of drug-likeness (QED) is 0.897. The third-order valence-electron chi connectivity index (χ3n) is 4.36. The van der Waals surface area contributed by atoms with Crippen molar-refractivity contribution in [1.29, 1.82) is 0 Å². The lowest BCUT2D eigenvalue weighted by Gasteiger charge is -2.36. The first-order valence-electron chi connectivity index (χ1n) is 6.70. The van der Waals surface area contributed by atoms with Crippen LogP contribution < -0.4 is 5.32 Å². The van der Waals surface area contributed by atoms with Crippen molar-refractivity contribution < 1.29 is 8.42 Å². The Bertz CT molecular complexity index is 610. The Balaban J connectivity index is 2.13. The molecule has 0 aromatic heterocycles. The molecule has 0 radical (unpaired) electrons. The second kappa shape index (κ2) is 4.57. The Morgan fingerprint density at radius 3 is 2.58 bits per heavy atom. The Morgan fingerprint density at radius 1 is 1.26 bits per heavy atom. The molecule has 0 amide bonds. The van der Waals surface area contributed by atoms with Gasteiger partial charge in [0.15, 0.2) is 9.84 Å². The summed E-state index contributed by atoms with van der Waals surface area (Å²) in [5.74, 6) is 0.0902. The number of fused-ring (bicyclic) bond motifs is 1. The van der Waals surface area contributed by atoms with Gasteiger partial charge >= 0.3 is 0 Å². The number of sulfone groups is 1. The third kappa shape index (κ3) is 2.26. The predicted molar refractivity (Wildman–Crippen MR) is 78.9 cm³/mol. The van der Waals surface area contributed by atoms with Crippen LogP contribution in [0.4, 0.5) is 0 Å². The van der Waals surface area contributed by atoms with Crippen molar-refractivity contribution in [2.75, 3.05) is 0 Å². The standard InChI is InChI=1S/C14H18BrNO2S/c1-8-9(2)19(17,18)13-6-3-10(15)7-12(13)14(8)16-11-4-5-11/h3,6-9,11,14,16H,4-5H2,1-2H3. The molecule has 0 bridgehead atoms. The third-order valence-corrected chi connectivity index (χ3v) is 7.25. The Hall–Kier alpha value is -0.390.